The Morgan fingerprint density at radius 3 is 2.69 bits per heavy atom. The van der Waals surface area contributed by atoms with E-state index in [0.717, 1.165) is 50.3 Å². The number of urea groups is 1. The van der Waals surface area contributed by atoms with Crippen LogP contribution in [0.5, 0.6) is 0 Å². The molecule has 1 aromatic heterocycles. The number of hydrogen-bond acceptors (Lipinski definition) is 4. The monoisotopic (exact) mass is 363 g/mol. The second kappa shape index (κ2) is 8.86. The summed E-state index contributed by atoms with van der Waals surface area (Å²) in [5.41, 5.74) is 0.950. The third kappa shape index (κ3) is 4.98. The molecule has 2 heterocycles. The van der Waals surface area contributed by atoms with Gasteiger partial charge in [0.2, 0.25) is 0 Å². The number of hydrogen-bond donors (Lipinski definition) is 1. The second-order valence-electron chi connectivity index (χ2n) is 7.87. The number of aryl methyl sites for hydroxylation is 1. The van der Waals surface area contributed by atoms with Crippen LogP contribution in [0.15, 0.2) is 6.07 Å². The fourth-order valence-electron chi connectivity index (χ4n) is 3.86. The topological polar surface area (TPSA) is 62.6 Å². The Bertz CT molecular complexity index is 589. The maximum atomic E-state index is 13.0. The molecule has 26 heavy (non-hydrogen) atoms. The Morgan fingerprint density at radius 2 is 2.04 bits per heavy atom. The van der Waals surface area contributed by atoms with Gasteiger partial charge >= 0.3 is 6.03 Å². The number of aromatic nitrogens is 2. The summed E-state index contributed by atoms with van der Waals surface area (Å²) in [4.78, 5) is 17.0. The second-order valence-corrected chi connectivity index (χ2v) is 7.87. The lowest BCUT2D eigenvalue weighted by Gasteiger charge is -2.27. The number of likely N-dealkylation sites (N-methyl/N-ethyl adjacent to an activating group) is 1. The maximum absolute atomic E-state index is 13.0. The zero-order valence-electron chi connectivity index (χ0n) is 16.4. The Kier molecular flexibility index (Phi) is 6.53. The first-order chi connectivity index (χ1) is 12.5. The van der Waals surface area contributed by atoms with Crippen LogP contribution in [-0.4, -0.2) is 72.1 Å². The van der Waals surface area contributed by atoms with Gasteiger partial charge in [0.1, 0.15) is 5.82 Å². The number of amides is 2. The van der Waals surface area contributed by atoms with E-state index >= 15 is 0 Å². The summed E-state index contributed by atoms with van der Waals surface area (Å²) in [5.74, 6) is 0.821. The number of ether oxygens (including phenoxy) is 1. The van der Waals surface area contributed by atoms with Crippen molar-refractivity contribution in [3.05, 3.63) is 11.8 Å². The lowest BCUT2D eigenvalue weighted by molar-refractivity contribution is 0.0820. The lowest BCUT2D eigenvalue weighted by atomic mass is 10.2. The van der Waals surface area contributed by atoms with E-state index in [0.29, 0.717) is 19.1 Å². The van der Waals surface area contributed by atoms with Gasteiger partial charge in [-0.15, -0.1) is 0 Å². The van der Waals surface area contributed by atoms with Gasteiger partial charge in [-0.25, -0.2) is 9.48 Å². The molecule has 1 saturated carbocycles. The molecule has 1 aliphatic carbocycles. The average Bonchev–Trinajstić information content (AvgIpc) is 3.33. The lowest BCUT2D eigenvalue weighted by Crippen LogP contribution is -2.43. The molecule has 1 aromatic rings. The van der Waals surface area contributed by atoms with Crippen molar-refractivity contribution in [1.82, 2.24) is 19.6 Å². The molecular weight excluding hydrogens is 330 g/mol. The van der Waals surface area contributed by atoms with Crippen molar-refractivity contribution in [2.45, 2.75) is 57.6 Å². The van der Waals surface area contributed by atoms with Crippen LogP contribution in [0.25, 0.3) is 0 Å². The number of carbonyl (C=O) groups is 1. The normalized spacial score (nSPS) is 20.8. The van der Waals surface area contributed by atoms with Gasteiger partial charge in [0.25, 0.3) is 0 Å². The number of nitrogens with zero attached hydrogens (tertiary/aromatic N) is 4. The van der Waals surface area contributed by atoms with Crippen LogP contribution in [0.3, 0.4) is 0 Å². The molecule has 0 bridgehead atoms. The smallest absolute Gasteiger partial charge is 0.323 e. The van der Waals surface area contributed by atoms with Crippen molar-refractivity contribution in [2.24, 2.45) is 0 Å². The van der Waals surface area contributed by atoms with Gasteiger partial charge in [0.15, 0.2) is 0 Å². The molecule has 2 fully saturated rings. The molecule has 146 valence electrons. The Morgan fingerprint density at radius 1 is 1.27 bits per heavy atom. The molecule has 2 aliphatic rings. The molecule has 2 amide bonds. The van der Waals surface area contributed by atoms with Crippen molar-refractivity contribution in [1.29, 1.82) is 0 Å². The molecule has 7 nitrogen and oxygen atoms in total. The van der Waals surface area contributed by atoms with E-state index in [1.165, 1.54) is 12.8 Å². The van der Waals surface area contributed by atoms with E-state index in [2.05, 4.69) is 15.3 Å². The molecule has 3 rings (SSSR count). The van der Waals surface area contributed by atoms with E-state index < -0.39 is 0 Å². The summed E-state index contributed by atoms with van der Waals surface area (Å²) >= 11 is 0. The van der Waals surface area contributed by atoms with E-state index in [-0.39, 0.29) is 12.1 Å². The molecule has 0 aromatic carbocycles. The molecule has 0 radical (unpaired) electrons. The highest BCUT2D eigenvalue weighted by Gasteiger charge is 2.25. The van der Waals surface area contributed by atoms with Crippen LogP contribution >= 0.6 is 0 Å². The van der Waals surface area contributed by atoms with Gasteiger partial charge in [-0.05, 0) is 46.7 Å². The van der Waals surface area contributed by atoms with Gasteiger partial charge in [-0.1, -0.05) is 12.8 Å². The largest absolute Gasteiger partial charge is 0.376 e. The Hall–Kier alpha value is -1.60. The van der Waals surface area contributed by atoms with Gasteiger partial charge in [-0.3, -0.25) is 5.32 Å². The molecule has 1 aliphatic heterocycles. The van der Waals surface area contributed by atoms with Crippen molar-refractivity contribution in [2.75, 3.05) is 45.7 Å². The van der Waals surface area contributed by atoms with Crippen LogP contribution in [0, 0.1) is 6.92 Å². The summed E-state index contributed by atoms with van der Waals surface area (Å²) in [7, 11) is 4.06. The van der Waals surface area contributed by atoms with Crippen LogP contribution in [0.4, 0.5) is 10.6 Å². The molecule has 1 atom stereocenters. The van der Waals surface area contributed by atoms with Crippen LogP contribution in [0.1, 0.15) is 50.3 Å². The third-order valence-corrected chi connectivity index (χ3v) is 5.32. The fourth-order valence-corrected chi connectivity index (χ4v) is 3.86. The Labute approximate surface area is 156 Å². The highest BCUT2D eigenvalue weighted by molar-refractivity contribution is 5.88. The van der Waals surface area contributed by atoms with E-state index in [1.807, 2.05) is 36.7 Å². The quantitative estimate of drug-likeness (QED) is 0.809. The summed E-state index contributed by atoms with van der Waals surface area (Å²) in [6, 6.07) is 2.33. The van der Waals surface area contributed by atoms with E-state index in [9.17, 15) is 4.79 Å². The third-order valence-electron chi connectivity index (χ3n) is 5.32. The first-order valence-electron chi connectivity index (χ1n) is 9.91. The van der Waals surface area contributed by atoms with E-state index in [4.69, 9.17) is 4.74 Å². The number of rotatable bonds is 7. The van der Waals surface area contributed by atoms with Crippen LogP contribution < -0.4 is 5.32 Å². The number of anilines is 1. The van der Waals surface area contributed by atoms with Gasteiger partial charge in [-0.2, -0.15) is 5.10 Å². The number of nitrogens with one attached hydrogen (secondary N) is 1. The summed E-state index contributed by atoms with van der Waals surface area (Å²) in [5, 5.41) is 7.75. The highest BCUT2D eigenvalue weighted by atomic mass is 16.5. The molecule has 1 saturated heterocycles. The molecule has 0 spiro atoms. The number of carbonyl (C=O) groups excluding carboxylic acids is 1. The van der Waals surface area contributed by atoms with Crippen molar-refractivity contribution >= 4 is 11.8 Å². The minimum absolute atomic E-state index is 0.0542. The average molecular weight is 364 g/mol. The highest BCUT2D eigenvalue weighted by Crippen LogP contribution is 2.32. The predicted octanol–water partition coefficient (Wildman–Crippen LogP) is 2.88. The molecule has 0 unspecified atom stereocenters. The van der Waals surface area contributed by atoms with Gasteiger partial charge in [0, 0.05) is 32.3 Å². The first-order valence-corrected chi connectivity index (χ1v) is 9.91. The zero-order chi connectivity index (χ0) is 18.5. The van der Waals surface area contributed by atoms with E-state index in [1.54, 1.807) is 0 Å². The maximum Gasteiger partial charge on any atom is 0.323 e. The van der Waals surface area contributed by atoms with Gasteiger partial charge in [0.05, 0.1) is 17.8 Å². The molecular formula is C19H33N5O2. The summed E-state index contributed by atoms with van der Waals surface area (Å²) in [6.45, 7) is 4.96. The summed E-state index contributed by atoms with van der Waals surface area (Å²) < 4.78 is 7.77. The van der Waals surface area contributed by atoms with Crippen molar-refractivity contribution in [3.8, 4) is 0 Å². The van der Waals surface area contributed by atoms with Gasteiger partial charge < -0.3 is 14.5 Å². The standard InChI is InChI=1S/C19H33N5O2/c1-15-13-18(24(21-15)16-7-4-5-8-16)20-19(25)23(11-10-22(2)3)14-17-9-6-12-26-17/h13,16-17H,4-12,14H2,1-3H3,(H,20,25)/t17-/m0/s1. The zero-order valence-corrected chi connectivity index (χ0v) is 16.4. The van der Waals surface area contributed by atoms with Crippen molar-refractivity contribution in [3.63, 3.8) is 0 Å². The van der Waals surface area contributed by atoms with Crippen molar-refractivity contribution < 1.29 is 9.53 Å². The predicted molar refractivity (Wildman–Crippen MR) is 103 cm³/mol. The van der Waals surface area contributed by atoms with Crippen LogP contribution in [0.2, 0.25) is 0 Å². The van der Waals surface area contributed by atoms with Crippen LogP contribution in [-0.2, 0) is 4.74 Å². The first kappa shape index (κ1) is 19.2. The summed E-state index contributed by atoms with van der Waals surface area (Å²) in [6.07, 6.45) is 7.04. The Balaban J connectivity index is 1.67. The minimum Gasteiger partial charge on any atom is -0.376 e. The molecule has 1 N–H and O–H groups in total. The fraction of sp³-hybridized carbons (Fsp3) is 0.789. The SMILES string of the molecule is Cc1cc(NC(=O)N(CCN(C)C)C[C@@H]2CCCO2)n(C2CCCC2)n1. The minimum atomic E-state index is -0.0542. The molecule has 7 heteroatoms.